The number of rotatable bonds is 6. The molecule has 2 amide bonds. The van der Waals surface area contributed by atoms with E-state index >= 15 is 0 Å². The van der Waals surface area contributed by atoms with Crippen LogP contribution < -0.4 is 16.4 Å². The van der Waals surface area contributed by atoms with Gasteiger partial charge < -0.3 is 16.4 Å². The van der Waals surface area contributed by atoms with Crippen molar-refractivity contribution in [1.82, 2.24) is 10.6 Å². The predicted molar refractivity (Wildman–Crippen MR) is 60.8 cm³/mol. The lowest BCUT2D eigenvalue weighted by molar-refractivity contribution is -0.00278. The third kappa shape index (κ3) is 4.78. The molecule has 17 heavy (non-hydrogen) atoms. The topological polar surface area (TPSA) is 67.2 Å². The van der Waals surface area contributed by atoms with Crippen LogP contribution in [0.2, 0.25) is 0 Å². The zero-order valence-electron chi connectivity index (χ0n) is 9.25. The number of primary amides is 1. The molecule has 0 aromatic heterocycles. The van der Waals surface area contributed by atoms with E-state index in [0.29, 0.717) is 0 Å². The smallest absolute Gasteiger partial charge is 0.312 e. The van der Waals surface area contributed by atoms with Gasteiger partial charge in [0.15, 0.2) is 0 Å². The predicted octanol–water partition coefficient (Wildman–Crippen LogP) is 1.04. The molecule has 0 spiro atoms. The molecule has 4 N–H and O–H groups in total. The van der Waals surface area contributed by atoms with Crippen LogP contribution in [0, 0.1) is 0 Å². The zero-order valence-corrected chi connectivity index (χ0v) is 9.25. The Morgan fingerprint density at radius 1 is 1.24 bits per heavy atom. The third-order valence-corrected chi connectivity index (χ3v) is 2.14. The van der Waals surface area contributed by atoms with Crippen LogP contribution >= 0.6 is 0 Å². The highest BCUT2D eigenvalue weighted by molar-refractivity contribution is 5.71. The fourth-order valence-corrected chi connectivity index (χ4v) is 1.30. The molecule has 0 atom stereocenters. The maximum absolute atomic E-state index is 13.6. The summed E-state index contributed by atoms with van der Waals surface area (Å²) in [5, 5.41) is 4.86. The van der Waals surface area contributed by atoms with Gasteiger partial charge in [-0.05, 0) is 0 Å². The molecule has 6 heteroatoms. The van der Waals surface area contributed by atoms with Crippen molar-refractivity contribution in [3.63, 3.8) is 0 Å². The van der Waals surface area contributed by atoms with Gasteiger partial charge >= 0.3 is 6.03 Å². The maximum atomic E-state index is 13.6. The van der Waals surface area contributed by atoms with Crippen molar-refractivity contribution in [2.24, 2.45) is 5.73 Å². The van der Waals surface area contributed by atoms with Crippen molar-refractivity contribution in [3.8, 4) is 0 Å². The molecule has 0 bridgehead atoms. The summed E-state index contributed by atoms with van der Waals surface area (Å²) in [4.78, 5) is 10.3. The molecule has 0 saturated heterocycles. The number of hydrogen-bond donors (Lipinski definition) is 3. The SMILES string of the molecule is NC(=O)NCCNCC(F)(F)c1ccccc1. The van der Waals surface area contributed by atoms with E-state index in [-0.39, 0.29) is 18.7 Å². The second kappa shape index (κ2) is 6.15. The van der Waals surface area contributed by atoms with E-state index in [9.17, 15) is 13.6 Å². The van der Waals surface area contributed by atoms with Crippen LogP contribution in [0.15, 0.2) is 30.3 Å². The summed E-state index contributed by atoms with van der Waals surface area (Å²) in [5.41, 5.74) is 4.79. The highest BCUT2D eigenvalue weighted by atomic mass is 19.3. The molecule has 0 radical (unpaired) electrons. The van der Waals surface area contributed by atoms with Gasteiger partial charge in [-0.3, -0.25) is 0 Å². The summed E-state index contributed by atoms with van der Waals surface area (Å²) in [6.07, 6.45) is 0. The van der Waals surface area contributed by atoms with Crippen LogP contribution in [0.5, 0.6) is 0 Å². The standard InChI is InChI=1S/C11H15F2N3O/c12-11(13,9-4-2-1-3-5-9)8-15-6-7-16-10(14)17/h1-5,15H,6-8H2,(H3,14,16,17). The van der Waals surface area contributed by atoms with Gasteiger partial charge in [0.05, 0.1) is 6.54 Å². The second-order valence-electron chi connectivity index (χ2n) is 3.54. The van der Waals surface area contributed by atoms with Crippen LogP contribution in [0.1, 0.15) is 5.56 Å². The Kier molecular flexibility index (Phi) is 4.84. The molecule has 0 heterocycles. The van der Waals surface area contributed by atoms with Crippen molar-refractivity contribution in [2.75, 3.05) is 19.6 Å². The number of nitrogens with one attached hydrogen (secondary N) is 2. The van der Waals surface area contributed by atoms with Crippen LogP contribution in [0.25, 0.3) is 0 Å². The highest BCUT2D eigenvalue weighted by Crippen LogP contribution is 2.26. The Bertz CT molecular complexity index is 357. The number of carbonyl (C=O) groups is 1. The molecule has 0 aliphatic heterocycles. The molecular formula is C11H15F2N3O. The zero-order chi connectivity index (χ0) is 12.7. The number of benzene rings is 1. The number of alkyl halides is 2. The van der Waals surface area contributed by atoms with E-state index in [1.807, 2.05) is 0 Å². The van der Waals surface area contributed by atoms with Gasteiger partial charge in [0.1, 0.15) is 0 Å². The second-order valence-corrected chi connectivity index (χ2v) is 3.54. The number of halogens is 2. The van der Waals surface area contributed by atoms with E-state index in [4.69, 9.17) is 5.73 Å². The van der Waals surface area contributed by atoms with Gasteiger partial charge in [0.2, 0.25) is 0 Å². The Hall–Kier alpha value is -1.69. The van der Waals surface area contributed by atoms with Crippen molar-refractivity contribution < 1.29 is 13.6 Å². The molecule has 0 unspecified atom stereocenters. The van der Waals surface area contributed by atoms with Crippen LogP contribution in [0.3, 0.4) is 0 Å². The van der Waals surface area contributed by atoms with Gasteiger partial charge in [-0.1, -0.05) is 30.3 Å². The van der Waals surface area contributed by atoms with E-state index in [0.717, 1.165) is 0 Å². The first-order valence-electron chi connectivity index (χ1n) is 5.20. The van der Waals surface area contributed by atoms with E-state index in [2.05, 4.69) is 10.6 Å². The average Bonchev–Trinajstić information content (AvgIpc) is 2.29. The fraction of sp³-hybridized carbons (Fsp3) is 0.364. The van der Waals surface area contributed by atoms with Crippen molar-refractivity contribution in [1.29, 1.82) is 0 Å². The van der Waals surface area contributed by atoms with Crippen molar-refractivity contribution in [3.05, 3.63) is 35.9 Å². The molecule has 1 aromatic rings. The number of amides is 2. The monoisotopic (exact) mass is 243 g/mol. The molecule has 94 valence electrons. The summed E-state index contributed by atoms with van der Waals surface area (Å²) in [7, 11) is 0. The third-order valence-electron chi connectivity index (χ3n) is 2.14. The lowest BCUT2D eigenvalue weighted by Crippen LogP contribution is -2.38. The normalized spacial score (nSPS) is 11.2. The quantitative estimate of drug-likeness (QED) is 0.653. The summed E-state index contributed by atoms with van der Waals surface area (Å²) < 4.78 is 27.1. The van der Waals surface area contributed by atoms with E-state index in [1.54, 1.807) is 18.2 Å². The molecule has 0 fully saturated rings. The van der Waals surface area contributed by atoms with E-state index < -0.39 is 18.5 Å². The van der Waals surface area contributed by atoms with Crippen molar-refractivity contribution in [2.45, 2.75) is 5.92 Å². The summed E-state index contributed by atoms with van der Waals surface area (Å²) in [6.45, 7) is -0.0109. The maximum Gasteiger partial charge on any atom is 0.312 e. The first-order chi connectivity index (χ1) is 8.02. The van der Waals surface area contributed by atoms with Gasteiger partial charge in [0, 0.05) is 18.7 Å². The van der Waals surface area contributed by atoms with Gasteiger partial charge in [-0.15, -0.1) is 0 Å². The largest absolute Gasteiger partial charge is 0.352 e. The minimum Gasteiger partial charge on any atom is -0.352 e. The lowest BCUT2D eigenvalue weighted by Gasteiger charge is -2.17. The average molecular weight is 243 g/mol. The summed E-state index contributed by atoms with van der Waals surface area (Å²) >= 11 is 0. The number of nitrogens with two attached hydrogens (primary N) is 1. The highest BCUT2D eigenvalue weighted by Gasteiger charge is 2.30. The Balaban J connectivity index is 2.33. The van der Waals surface area contributed by atoms with E-state index in [1.165, 1.54) is 12.1 Å². The van der Waals surface area contributed by atoms with Crippen LogP contribution in [-0.4, -0.2) is 25.7 Å². The van der Waals surface area contributed by atoms with Gasteiger partial charge in [-0.2, -0.15) is 8.78 Å². The molecular weight excluding hydrogens is 228 g/mol. The first kappa shape index (κ1) is 13.4. The lowest BCUT2D eigenvalue weighted by atomic mass is 10.1. The minimum absolute atomic E-state index is 0.0321. The van der Waals surface area contributed by atoms with Gasteiger partial charge in [-0.25, -0.2) is 4.79 Å². The molecule has 4 nitrogen and oxygen atoms in total. The number of hydrogen-bond acceptors (Lipinski definition) is 2. The fourth-order valence-electron chi connectivity index (χ4n) is 1.30. The molecule has 0 saturated carbocycles. The number of urea groups is 1. The van der Waals surface area contributed by atoms with Gasteiger partial charge in [0.25, 0.3) is 5.92 Å². The molecule has 0 aliphatic rings. The first-order valence-corrected chi connectivity index (χ1v) is 5.20. The minimum atomic E-state index is -2.92. The number of carbonyl (C=O) groups excluding carboxylic acids is 1. The Morgan fingerprint density at radius 2 is 1.88 bits per heavy atom. The summed E-state index contributed by atoms with van der Waals surface area (Å²) in [5.74, 6) is -2.92. The Morgan fingerprint density at radius 3 is 2.47 bits per heavy atom. The van der Waals surface area contributed by atoms with Crippen molar-refractivity contribution >= 4 is 6.03 Å². The molecule has 1 aromatic carbocycles. The molecule has 1 rings (SSSR count). The Labute approximate surface area is 98.2 Å². The summed E-state index contributed by atoms with van der Waals surface area (Å²) in [6, 6.07) is 6.91. The van der Waals surface area contributed by atoms with Crippen LogP contribution in [0.4, 0.5) is 13.6 Å². The molecule has 0 aliphatic carbocycles. The van der Waals surface area contributed by atoms with Crippen LogP contribution in [-0.2, 0) is 5.92 Å².